The fraction of sp³-hybridized carbons (Fsp3) is 0.700. The lowest BCUT2D eigenvalue weighted by Gasteiger charge is -2.30. The van der Waals surface area contributed by atoms with E-state index >= 15 is 0 Å². The third kappa shape index (κ3) is 3.11. The molecule has 0 aromatic heterocycles. The lowest BCUT2D eigenvalue weighted by molar-refractivity contribution is -0.115. The van der Waals surface area contributed by atoms with Crippen molar-refractivity contribution >= 4 is 18.3 Å². The second-order valence-corrected chi connectivity index (χ2v) is 4.09. The molecule has 1 aliphatic carbocycles. The first kappa shape index (κ1) is 12.3. The number of hydrogen-bond acceptors (Lipinski definition) is 3. The van der Waals surface area contributed by atoms with Crippen LogP contribution in [0.3, 0.4) is 0 Å². The molecule has 2 rings (SSSR count). The molecule has 0 aromatic carbocycles. The Balaban J connectivity index is 0.00000112. The van der Waals surface area contributed by atoms with E-state index in [1.807, 2.05) is 0 Å². The maximum Gasteiger partial charge on any atom is 0.246 e. The van der Waals surface area contributed by atoms with Crippen LogP contribution >= 0.6 is 12.4 Å². The van der Waals surface area contributed by atoms with Crippen LogP contribution in [0.25, 0.3) is 0 Å². The average Bonchev–Trinajstić information content (AvgIpc) is 2.56. The van der Waals surface area contributed by atoms with Crippen molar-refractivity contribution < 1.29 is 4.79 Å². The zero-order valence-corrected chi connectivity index (χ0v) is 9.48. The van der Waals surface area contributed by atoms with Crippen LogP contribution in [-0.4, -0.2) is 24.5 Å². The predicted molar refractivity (Wildman–Crippen MR) is 61.7 cm³/mol. The third-order valence-electron chi connectivity index (χ3n) is 2.95. The van der Waals surface area contributed by atoms with Gasteiger partial charge in [0, 0.05) is 23.9 Å². The molecule has 0 aromatic rings. The molecule has 1 fully saturated rings. The number of halogens is 1. The maximum absolute atomic E-state index is 10.9. The van der Waals surface area contributed by atoms with E-state index in [1.54, 1.807) is 6.08 Å². The standard InChI is InChI=1S/C10H17N3O.ClH/c11-8-3-1-2-4-9(8)13-7-5-10(14)12-6-7;/h5,8-9,13H,1-4,6,11H2,(H,12,14);1H/t8-,9-;/m1./s1. The van der Waals surface area contributed by atoms with Gasteiger partial charge in [-0.05, 0) is 12.8 Å². The summed E-state index contributed by atoms with van der Waals surface area (Å²) in [4.78, 5) is 10.9. The highest BCUT2D eigenvalue weighted by atomic mass is 35.5. The number of nitrogens with two attached hydrogens (primary N) is 1. The molecule has 0 spiro atoms. The van der Waals surface area contributed by atoms with Gasteiger partial charge in [-0.15, -0.1) is 12.4 Å². The topological polar surface area (TPSA) is 67.1 Å². The largest absolute Gasteiger partial charge is 0.382 e. The van der Waals surface area contributed by atoms with Crippen molar-refractivity contribution in [3.63, 3.8) is 0 Å². The number of carbonyl (C=O) groups excluding carboxylic acids is 1. The Bertz CT molecular complexity index is 267. The third-order valence-corrected chi connectivity index (χ3v) is 2.95. The van der Waals surface area contributed by atoms with Crippen molar-refractivity contribution in [2.24, 2.45) is 5.73 Å². The molecule has 2 aliphatic rings. The van der Waals surface area contributed by atoms with Crippen molar-refractivity contribution in [2.75, 3.05) is 6.54 Å². The van der Waals surface area contributed by atoms with Crippen molar-refractivity contribution in [1.82, 2.24) is 10.6 Å². The molecule has 1 heterocycles. The van der Waals surface area contributed by atoms with E-state index in [9.17, 15) is 4.79 Å². The highest BCUT2D eigenvalue weighted by Gasteiger charge is 2.23. The molecule has 1 aliphatic heterocycles. The lowest BCUT2D eigenvalue weighted by atomic mass is 9.91. The Morgan fingerprint density at radius 2 is 2.13 bits per heavy atom. The lowest BCUT2D eigenvalue weighted by Crippen LogP contribution is -2.47. The zero-order valence-electron chi connectivity index (χ0n) is 8.66. The summed E-state index contributed by atoms with van der Waals surface area (Å²) >= 11 is 0. The second kappa shape index (κ2) is 5.37. The van der Waals surface area contributed by atoms with Crippen molar-refractivity contribution in [3.05, 3.63) is 11.8 Å². The quantitative estimate of drug-likeness (QED) is 0.640. The minimum absolute atomic E-state index is 0. The Labute approximate surface area is 96.1 Å². The van der Waals surface area contributed by atoms with Crippen LogP contribution in [0.15, 0.2) is 11.8 Å². The van der Waals surface area contributed by atoms with Gasteiger partial charge in [-0.1, -0.05) is 12.8 Å². The number of amides is 1. The summed E-state index contributed by atoms with van der Waals surface area (Å²) in [6.07, 6.45) is 6.30. The molecular formula is C10H18ClN3O. The second-order valence-electron chi connectivity index (χ2n) is 4.09. The van der Waals surface area contributed by atoms with Gasteiger partial charge in [0.25, 0.3) is 0 Å². The van der Waals surface area contributed by atoms with Gasteiger partial charge in [-0.25, -0.2) is 0 Å². The fourth-order valence-electron chi connectivity index (χ4n) is 2.11. The number of rotatable bonds is 2. The summed E-state index contributed by atoms with van der Waals surface area (Å²) < 4.78 is 0. The van der Waals surface area contributed by atoms with Gasteiger partial charge in [0.2, 0.25) is 5.91 Å². The molecule has 4 nitrogen and oxygen atoms in total. The maximum atomic E-state index is 10.9. The zero-order chi connectivity index (χ0) is 9.97. The fourth-order valence-corrected chi connectivity index (χ4v) is 2.11. The molecule has 5 heteroatoms. The molecule has 1 saturated carbocycles. The smallest absolute Gasteiger partial charge is 0.246 e. The average molecular weight is 232 g/mol. The van der Waals surface area contributed by atoms with Crippen LogP contribution in [0.4, 0.5) is 0 Å². The van der Waals surface area contributed by atoms with Crippen LogP contribution < -0.4 is 16.4 Å². The number of nitrogens with one attached hydrogen (secondary N) is 2. The molecule has 2 atom stereocenters. The SMILES string of the molecule is Cl.N[C@@H]1CCCC[C@H]1NC1=CC(=O)NC1. The summed E-state index contributed by atoms with van der Waals surface area (Å²) in [5, 5.41) is 6.09. The molecule has 15 heavy (non-hydrogen) atoms. The van der Waals surface area contributed by atoms with E-state index in [4.69, 9.17) is 5.73 Å². The number of carbonyl (C=O) groups is 1. The first-order chi connectivity index (χ1) is 6.75. The predicted octanol–water partition coefficient (Wildman–Crippen LogP) is 0.281. The Morgan fingerprint density at radius 1 is 1.40 bits per heavy atom. The molecule has 1 amide bonds. The van der Waals surface area contributed by atoms with Gasteiger partial charge in [0.15, 0.2) is 0 Å². The Morgan fingerprint density at radius 3 is 2.73 bits per heavy atom. The molecule has 86 valence electrons. The van der Waals surface area contributed by atoms with Gasteiger partial charge in [0.1, 0.15) is 0 Å². The first-order valence-corrected chi connectivity index (χ1v) is 5.26. The Hall–Kier alpha value is -0.740. The summed E-state index contributed by atoms with van der Waals surface area (Å²) in [5.41, 5.74) is 6.98. The van der Waals surface area contributed by atoms with Crippen LogP contribution in [0, 0.1) is 0 Å². The van der Waals surface area contributed by atoms with Crippen LogP contribution in [-0.2, 0) is 4.79 Å². The van der Waals surface area contributed by atoms with Gasteiger partial charge in [-0.3, -0.25) is 4.79 Å². The van der Waals surface area contributed by atoms with Crippen molar-refractivity contribution in [3.8, 4) is 0 Å². The highest BCUT2D eigenvalue weighted by molar-refractivity contribution is 5.90. The Kier molecular flexibility index (Phi) is 4.42. The molecule has 0 bridgehead atoms. The van der Waals surface area contributed by atoms with E-state index in [0.29, 0.717) is 12.6 Å². The number of hydrogen-bond donors (Lipinski definition) is 3. The van der Waals surface area contributed by atoms with Crippen molar-refractivity contribution in [2.45, 2.75) is 37.8 Å². The minimum Gasteiger partial charge on any atom is -0.382 e. The van der Waals surface area contributed by atoms with E-state index < -0.39 is 0 Å². The molecule has 0 unspecified atom stereocenters. The highest BCUT2D eigenvalue weighted by Crippen LogP contribution is 2.18. The van der Waals surface area contributed by atoms with Crippen LogP contribution in [0.1, 0.15) is 25.7 Å². The summed E-state index contributed by atoms with van der Waals surface area (Å²) in [5.74, 6) is -0.00289. The normalized spacial score (nSPS) is 30.2. The molecule has 4 N–H and O–H groups in total. The van der Waals surface area contributed by atoms with Gasteiger partial charge in [-0.2, -0.15) is 0 Å². The molecular weight excluding hydrogens is 214 g/mol. The van der Waals surface area contributed by atoms with Gasteiger partial charge >= 0.3 is 0 Å². The summed E-state index contributed by atoms with van der Waals surface area (Å²) in [6, 6.07) is 0.586. The van der Waals surface area contributed by atoms with Gasteiger partial charge < -0.3 is 16.4 Å². The van der Waals surface area contributed by atoms with Crippen LogP contribution in [0.2, 0.25) is 0 Å². The van der Waals surface area contributed by atoms with Crippen molar-refractivity contribution in [1.29, 1.82) is 0 Å². The molecule has 0 radical (unpaired) electrons. The van der Waals surface area contributed by atoms with Crippen LogP contribution in [0.5, 0.6) is 0 Å². The van der Waals surface area contributed by atoms with E-state index in [-0.39, 0.29) is 24.4 Å². The first-order valence-electron chi connectivity index (χ1n) is 5.26. The summed E-state index contributed by atoms with van der Waals surface area (Å²) in [6.45, 7) is 0.627. The van der Waals surface area contributed by atoms with Gasteiger partial charge in [0.05, 0.1) is 6.54 Å². The van der Waals surface area contributed by atoms with E-state index in [1.165, 1.54) is 12.8 Å². The minimum atomic E-state index is -0.00289. The molecule has 0 saturated heterocycles. The van der Waals surface area contributed by atoms with E-state index in [2.05, 4.69) is 10.6 Å². The monoisotopic (exact) mass is 231 g/mol. The summed E-state index contributed by atoms with van der Waals surface area (Å²) in [7, 11) is 0. The van der Waals surface area contributed by atoms with E-state index in [0.717, 1.165) is 18.5 Å².